The van der Waals surface area contributed by atoms with Crippen molar-refractivity contribution in [3.63, 3.8) is 0 Å². The molecule has 1 aliphatic rings. The molecule has 0 amide bonds. The van der Waals surface area contributed by atoms with E-state index in [2.05, 4.69) is 20.4 Å². The Kier molecular flexibility index (Phi) is 4.90. The number of piperidine rings is 1. The Labute approximate surface area is 109 Å². The predicted molar refractivity (Wildman–Crippen MR) is 70.5 cm³/mol. The zero-order valence-electron chi connectivity index (χ0n) is 11.2. The zero-order chi connectivity index (χ0) is 12.8. The molecule has 1 fully saturated rings. The Morgan fingerprint density at radius 1 is 1.33 bits per heavy atom. The van der Waals surface area contributed by atoms with Crippen LogP contribution in [0, 0.1) is 5.92 Å². The molecule has 5 heteroatoms. The van der Waals surface area contributed by atoms with Crippen LogP contribution in [-0.4, -0.2) is 48.9 Å². The summed E-state index contributed by atoms with van der Waals surface area (Å²) in [4.78, 5) is 2.45. The zero-order valence-corrected chi connectivity index (χ0v) is 11.2. The Morgan fingerprint density at radius 2 is 2.11 bits per heavy atom. The highest BCUT2D eigenvalue weighted by Crippen LogP contribution is 2.17. The molecule has 1 aliphatic heterocycles. The first-order valence-electron chi connectivity index (χ1n) is 6.55. The lowest BCUT2D eigenvalue weighted by Gasteiger charge is -2.31. The Morgan fingerprint density at radius 3 is 2.67 bits per heavy atom. The molecule has 0 atom stereocenters. The van der Waals surface area contributed by atoms with Crippen LogP contribution in [-0.2, 0) is 6.54 Å². The van der Waals surface area contributed by atoms with Crippen molar-refractivity contribution >= 4 is 0 Å². The predicted octanol–water partition coefficient (Wildman–Crippen LogP) is 0.917. The van der Waals surface area contributed by atoms with Gasteiger partial charge in [-0.25, -0.2) is 0 Å². The van der Waals surface area contributed by atoms with Crippen LogP contribution < -0.4 is 10.1 Å². The number of hydrogen-bond donors (Lipinski definition) is 1. The lowest BCUT2D eigenvalue weighted by molar-refractivity contribution is 0.174. The van der Waals surface area contributed by atoms with Gasteiger partial charge in [-0.05, 0) is 51.5 Å². The molecule has 1 aromatic rings. The van der Waals surface area contributed by atoms with E-state index in [1.54, 1.807) is 7.11 Å². The molecule has 1 aromatic heterocycles. The van der Waals surface area contributed by atoms with Gasteiger partial charge in [-0.15, -0.1) is 5.10 Å². The maximum atomic E-state index is 5.01. The van der Waals surface area contributed by atoms with Gasteiger partial charge in [0.15, 0.2) is 0 Å². The summed E-state index contributed by atoms with van der Waals surface area (Å²) < 4.78 is 5.01. The van der Waals surface area contributed by atoms with E-state index in [1.807, 2.05) is 19.2 Å². The molecular formula is C13H22N4O. The van der Waals surface area contributed by atoms with Gasteiger partial charge in [-0.1, -0.05) is 0 Å². The average Bonchev–Trinajstić information content (AvgIpc) is 2.42. The fourth-order valence-electron chi connectivity index (χ4n) is 2.41. The van der Waals surface area contributed by atoms with Crippen molar-refractivity contribution in [3.8, 4) is 5.88 Å². The molecule has 18 heavy (non-hydrogen) atoms. The van der Waals surface area contributed by atoms with E-state index in [0.29, 0.717) is 5.88 Å². The quantitative estimate of drug-likeness (QED) is 0.842. The van der Waals surface area contributed by atoms with Crippen molar-refractivity contribution in [2.24, 2.45) is 5.92 Å². The highest BCUT2D eigenvalue weighted by atomic mass is 16.5. The number of methoxy groups -OCH3 is 1. The van der Waals surface area contributed by atoms with Gasteiger partial charge in [0, 0.05) is 12.6 Å². The van der Waals surface area contributed by atoms with Gasteiger partial charge in [0.25, 0.3) is 0 Å². The van der Waals surface area contributed by atoms with E-state index in [4.69, 9.17) is 4.74 Å². The fourth-order valence-corrected chi connectivity index (χ4v) is 2.41. The second kappa shape index (κ2) is 6.66. The SMILES string of the molecule is CNCC1CCN(Cc2ccc(OC)nn2)CC1. The van der Waals surface area contributed by atoms with E-state index in [9.17, 15) is 0 Å². The standard InChI is InChI=1S/C13H22N4O/c1-14-9-11-5-7-17(8-6-11)10-12-3-4-13(18-2)16-15-12/h3-4,11,14H,5-10H2,1-2H3. The molecule has 1 saturated heterocycles. The van der Waals surface area contributed by atoms with Crippen molar-refractivity contribution in [2.75, 3.05) is 33.8 Å². The molecular weight excluding hydrogens is 228 g/mol. The normalized spacial score (nSPS) is 17.9. The first-order valence-corrected chi connectivity index (χ1v) is 6.55. The lowest BCUT2D eigenvalue weighted by Crippen LogP contribution is -2.36. The smallest absolute Gasteiger partial charge is 0.233 e. The summed E-state index contributed by atoms with van der Waals surface area (Å²) in [5.74, 6) is 1.40. The largest absolute Gasteiger partial charge is 0.480 e. The van der Waals surface area contributed by atoms with Crippen LogP contribution in [0.5, 0.6) is 5.88 Å². The summed E-state index contributed by atoms with van der Waals surface area (Å²) in [6.45, 7) is 4.33. The molecule has 2 heterocycles. The topological polar surface area (TPSA) is 50.3 Å². The number of hydrogen-bond acceptors (Lipinski definition) is 5. The molecule has 0 unspecified atom stereocenters. The minimum absolute atomic E-state index is 0.575. The third kappa shape index (κ3) is 3.65. The Balaban J connectivity index is 1.80. The first-order chi connectivity index (χ1) is 8.81. The molecule has 0 aromatic carbocycles. The maximum Gasteiger partial charge on any atom is 0.233 e. The molecule has 0 spiro atoms. The van der Waals surface area contributed by atoms with Gasteiger partial charge < -0.3 is 10.1 Å². The van der Waals surface area contributed by atoms with Gasteiger partial charge in [0.05, 0.1) is 12.8 Å². The minimum Gasteiger partial charge on any atom is -0.480 e. The molecule has 1 N–H and O–H groups in total. The van der Waals surface area contributed by atoms with Gasteiger partial charge in [-0.3, -0.25) is 4.90 Å². The number of nitrogens with one attached hydrogen (secondary N) is 1. The van der Waals surface area contributed by atoms with E-state index in [0.717, 1.165) is 37.8 Å². The highest BCUT2D eigenvalue weighted by molar-refractivity contribution is 5.11. The van der Waals surface area contributed by atoms with E-state index in [-0.39, 0.29) is 0 Å². The van der Waals surface area contributed by atoms with Crippen LogP contribution in [0.3, 0.4) is 0 Å². The van der Waals surface area contributed by atoms with Crippen molar-refractivity contribution in [3.05, 3.63) is 17.8 Å². The maximum absolute atomic E-state index is 5.01. The lowest BCUT2D eigenvalue weighted by atomic mass is 9.97. The average molecular weight is 250 g/mol. The second-order valence-corrected chi connectivity index (χ2v) is 4.84. The number of aromatic nitrogens is 2. The van der Waals surface area contributed by atoms with Crippen molar-refractivity contribution in [1.29, 1.82) is 0 Å². The number of nitrogens with zero attached hydrogens (tertiary/aromatic N) is 3. The van der Waals surface area contributed by atoms with Gasteiger partial charge in [0.2, 0.25) is 5.88 Å². The first kappa shape index (κ1) is 13.2. The van der Waals surface area contributed by atoms with Crippen LogP contribution in [0.4, 0.5) is 0 Å². The summed E-state index contributed by atoms with van der Waals surface area (Å²) in [6.07, 6.45) is 2.54. The van der Waals surface area contributed by atoms with E-state index >= 15 is 0 Å². The number of rotatable bonds is 5. The summed E-state index contributed by atoms with van der Waals surface area (Å²) in [7, 11) is 3.63. The van der Waals surface area contributed by atoms with E-state index in [1.165, 1.54) is 12.8 Å². The number of ether oxygens (including phenoxy) is 1. The highest BCUT2D eigenvalue weighted by Gasteiger charge is 2.18. The third-order valence-electron chi connectivity index (χ3n) is 3.49. The molecule has 2 rings (SSSR count). The third-order valence-corrected chi connectivity index (χ3v) is 3.49. The van der Waals surface area contributed by atoms with Gasteiger partial charge in [0.1, 0.15) is 0 Å². The van der Waals surface area contributed by atoms with Crippen LogP contribution in [0.1, 0.15) is 18.5 Å². The molecule has 0 aliphatic carbocycles. The van der Waals surface area contributed by atoms with Crippen molar-refractivity contribution < 1.29 is 4.74 Å². The number of likely N-dealkylation sites (tertiary alicyclic amines) is 1. The second-order valence-electron chi connectivity index (χ2n) is 4.84. The summed E-state index contributed by atoms with van der Waals surface area (Å²) in [6, 6.07) is 3.86. The Hall–Kier alpha value is -1.20. The Bertz CT molecular complexity index is 347. The van der Waals surface area contributed by atoms with Crippen LogP contribution in [0.25, 0.3) is 0 Å². The fraction of sp³-hybridized carbons (Fsp3) is 0.692. The molecule has 0 bridgehead atoms. The molecule has 100 valence electrons. The van der Waals surface area contributed by atoms with Crippen molar-refractivity contribution in [2.45, 2.75) is 19.4 Å². The summed E-state index contributed by atoms with van der Waals surface area (Å²) in [5, 5.41) is 11.4. The summed E-state index contributed by atoms with van der Waals surface area (Å²) in [5.41, 5.74) is 1.02. The van der Waals surface area contributed by atoms with Gasteiger partial charge in [-0.2, -0.15) is 5.10 Å². The molecule has 0 saturated carbocycles. The summed E-state index contributed by atoms with van der Waals surface area (Å²) >= 11 is 0. The molecule has 0 radical (unpaired) electrons. The van der Waals surface area contributed by atoms with Crippen molar-refractivity contribution in [1.82, 2.24) is 20.4 Å². The molecule has 5 nitrogen and oxygen atoms in total. The van der Waals surface area contributed by atoms with E-state index < -0.39 is 0 Å². The van der Waals surface area contributed by atoms with Crippen LogP contribution in [0.15, 0.2) is 12.1 Å². The van der Waals surface area contributed by atoms with Crippen LogP contribution >= 0.6 is 0 Å². The monoisotopic (exact) mass is 250 g/mol. The minimum atomic E-state index is 0.575. The van der Waals surface area contributed by atoms with Gasteiger partial charge >= 0.3 is 0 Å². The van der Waals surface area contributed by atoms with Crippen LogP contribution in [0.2, 0.25) is 0 Å².